The second kappa shape index (κ2) is 81.6. The number of fused-ring (bicyclic) bond motifs is 8. The third kappa shape index (κ3) is 50.5. The number of aryl methyl sites for hydroxylation is 6. The van der Waals surface area contributed by atoms with Gasteiger partial charge in [0.25, 0.3) is 0 Å². The van der Waals surface area contributed by atoms with E-state index >= 15 is 0 Å². The van der Waals surface area contributed by atoms with Gasteiger partial charge in [-0.1, -0.05) is 305 Å². The zero-order valence-electron chi connectivity index (χ0n) is 85.6. The van der Waals surface area contributed by atoms with Crippen molar-refractivity contribution in [2.75, 3.05) is 84.6 Å². The summed E-state index contributed by atoms with van der Waals surface area (Å²) in [4.78, 5) is 21.7. The topological polar surface area (TPSA) is 56.4 Å². The van der Waals surface area contributed by atoms with Gasteiger partial charge in [0.15, 0.2) is 0 Å². The molecule has 11 rings (SSSR count). The van der Waals surface area contributed by atoms with Crippen LogP contribution in [0.2, 0.25) is 0 Å². The largest absolute Gasteiger partial charge is 2.00 e. The van der Waals surface area contributed by atoms with E-state index in [2.05, 4.69) is 221 Å². The molecule has 15 heteroatoms. The molecule has 0 N–H and O–H groups in total. The summed E-state index contributed by atoms with van der Waals surface area (Å²) in [6.45, 7) is 40.6. The summed E-state index contributed by atoms with van der Waals surface area (Å²) in [5, 5.41) is 3.60. The average molecular weight is 2380 g/mol. The van der Waals surface area contributed by atoms with E-state index in [1.54, 1.807) is 73.9 Å². The molecule has 1 aliphatic heterocycles. The van der Waals surface area contributed by atoms with Gasteiger partial charge in [-0.15, -0.1) is 193 Å². The van der Waals surface area contributed by atoms with Gasteiger partial charge in [0.1, 0.15) is 0 Å². The minimum atomic E-state index is 0. The summed E-state index contributed by atoms with van der Waals surface area (Å²) in [7, 11) is 1.69. The summed E-state index contributed by atoms with van der Waals surface area (Å²) < 4.78 is 0. The first-order valence-electron chi connectivity index (χ1n) is 49.6. The zero-order valence-corrected chi connectivity index (χ0v) is 99.7. The Morgan fingerprint density at radius 1 is 0.244 bits per heavy atom. The normalized spacial score (nSPS) is 12.4. The molecule has 5 heterocycles. The molecule has 0 saturated heterocycles. The Bertz CT molecular complexity index is 4690. The van der Waals surface area contributed by atoms with Crippen molar-refractivity contribution in [3.05, 3.63) is 330 Å². The molecular formula is C120H160Cl4N4P4Pt2Zn-6. The monoisotopic (exact) mass is 2370 g/mol. The number of hydrogen-bond donors (Lipinski definition) is 0. The van der Waals surface area contributed by atoms with E-state index in [-0.39, 0.29) is 72.3 Å². The van der Waals surface area contributed by atoms with Crippen LogP contribution in [0.4, 0.5) is 0 Å². The van der Waals surface area contributed by atoms with Crippen LogP contribution in [0.15, 0.2) is 182 Å². The SMILES string of the molecule is CCCCP(CCCC)CCCC.CCCCP(CCCC)CCCC.CCCCP(CCCC)CCCC.CCCCP(CCCC)CCCC.ClCCl.ClCCl.[C-]#Cc1ccc(/C2=c3\cc/c([n-]3)=C(\c3c(C)cc(C)cc3C)c3ccc([n-]3)/C(c3ccc(C#[C-])cc3)=c3/cc/c([n-]3)=C(\c3c(C)cc(C)cc3C)c3ccc2[n-]3)cc1.[C-]#Cc1ccccc1.[C-]#Cc1ccccc1.[Pt].[Pt].[Zn+2]. The van der Waals surface area contributed by atoms with E-state index < -0.39 is 0 Å². The molecule has 10 aromatic rings. The van der Waals surface area contributed by atoms with Crippen molar-refractivity contribution in [2.45, 2.75) is 279 Å². The van der Waals surface area contributed by atoms with Gasteiger partial charge in [-0.25, -0.2) is 0 Å². The van der Waals surface area contributed by atoms with Crippen molar-refractivity contribution in [2.24, 2.45) is 0 Å². The molecule has 8 bridgehead atoms. The van der Waals surface area contributed by atoms with Crippen LogP contribution in [0.5, 0.6) is 0 Å². The maximum absolute atomic E-state index is 7.73. The Kier molecular flexibility index (Phi) is 78.6. The quantitative estimate of drug-likeness (QED) is 0.0126. The molecule has 6 aromatic carbocycles. The maximum Gasteiger partial charge on any atom is 2.00 e. The van der Waals surface area contributed by atoms with Gasteiger partial charge in [-0.05, 0) is 259 Å². The van der Waals surface area contributed by atoms with Crippen LogP contribution in [0, 0.1) is 90.9 Å². The van der Waals surface area contributed by atoms with Crippen LogP contribution in [0.25, 0.3) is 22.3 Å². The van der Waals surface area contributed by atoms with Crippen molar-refractivity contribution < 1.29 is 61.6 Å². The van der Waals surface area contributed by atoms with Crippen molar-refractivity contribution in [1.29, 1.82) is 0 Å². The van der Waals surface area contributed by atoms with Crippen molar-refractivity contribution in [3.8, 4) is 23.7 Å². The smallest absolute Gasteiger partial charge is 0.657 e. The molecule has 0 spiro atoms. The van der Waals surface area contributed by atoms with Crippen LogP contribution in [-0.2, 0) is 61.6 Å². The number of rotatable bonds is 40. The fourth-order valence-corrected chi connectivity index (χ4v) is 27.6. The number of nitrogens with zero attached hydrogens (tertiary/aromatic N) is 4. The van der Waals surface area contributed by atoms with Crippen LogP contribution in [0.3, 0.4) is 0 Å². The third-order valence-corrected chi connectivity index (χ3v) is 34.3. The van der Waals surface area contributed by atoms with Crippen LogP contribution >= 0.6 is 78.1 Å². The van der Waals surface area contributed by atoms with E-state index in [0.29, 0.717) is 42.8 Å². The number of benzene rings is 6. The number of alkyl halides is 4. The molecule has 4 aromatic heterocycles. The van der Waals surface area contributed by atoms with Gasteiger partial charge in [-0.3, -0.25) is 23.7 Å². The third-order valence-electron chi connectivity index (χ3n) is 22.9. The first-order chi connectivity index (χ1) is 64.2. The molecule has 0 saturated carbocycles. The van der Waals surface area contributed by atoms with E-state index in [0.717, 1.165) is 122 Å². The molecule has 0 atom stereocenters. The summed E-state index contributed by atoms with van der Waals surface area (Å²) in [5.41, 5.74) is 21.0. The summed E-state index contributed by atoms with van der Waals surface area (Å²) >= 11 is 19.1. The molecule has 135 heavy (non-hydrogen) atoms. The molecular weight excluding hydrogens is 2220 g/mol. The van der Waals surface area contributed by atoms with Gasteiger partial charge < -0.3 is 45.6 Å². The fourth-order valence-electron chi connectivity index (χ4n) is 15.7. The van der Waals surface area contributed by atoms with Gasteiger partial charge in [0, 0.05) is 42.1 Å². The van der Waals surface area contributed by atoms with Gasteiger partial charge in [0.2, 0.25) is 0 Å². The molecule has 0 fully saturated rings. The van der Waals surface area contributed by atoms with Crippen LogP contribution < -0.4 is 41.3 Å². The van der Waals surface area contributed by atoms with Gasteiger partial charge in [0.05, 0.1) is 10.7 Å². The number of hydrogen-bond acceptors (Lipinski definition) is 0. The van der Waals surface area contributed by atoms with E-state index in [4.69, 9.17) is 92.0 Å². The Hall–Kier alpha value is -4.96. The second-order valence-electron chi connectivity index (χ2n) is 34.1. The van der Waals surface area contributed by atoms with E-state index in [1.807, 2.05) is 109 Å². The van der Waals surface area contributed by atoms with Gasteiger partial charge in [-0.2, -0.15) is 0 Å². The molecule has 1 aliphatic rings. The maximum atomic E-state index is 7.73. The van der Waals surface area contributed by atoms with Crippen molar-refractivity contribution >= 4 is 100 Å². The Morgan fingerprint density at radius 3 is 0.600 bits per heavy atom. The first-order valence-corrected chi connectivity index (χ1v) is 59.3. The van der Waals surface area contributed by atoms with Gasteiger partial charge >= 0.3 is 19.5 Å². The summed E-state index contributed by atoms with van der Waals surface area (Å²) in [5.74, 6) is 9.58. The molecule has 736 valence electrons. The average Bonchev–Trinajstić information content (AvgIpc) is 1.62. The molecule has 0 amide bonds. The minimum Gasteiger partial charge on any atom is -0.657 e. The molecule has 4 nitrogen and oxygen atoms in total. The Morgan fingerprint density at radius 2 is 0.422 bits per heavy atom. The van der Waals surface area contributed by atoms with Crippen molar-refractivity contribution in [3.63, 3.8) is 0 Å². The Balaban J connectivity index is 0.00000189. The summed E-state index contributed by atoms with van der Waals surface area (Å²) in [6.07, 6.45) is 81.7. The summed E-state index contributed by atoms with van der Waals surface area (Å²) in [6, 6.07) is 60.0. The van der Waals surface area contributed by atoms with E-state index in [9.17, 15) is 0 Å². The number of halogens is 4. The molecule has 0 aliphatic carbocycles. The first kappa shape index (κ1) is 130. The number of unbranched alkanes of at least 4 members (excludes halogenated alkanes) is 12. The van der Waals surface area contributed by atoms with Crippen LogP contribution in [-0.4, -0.2) is 84.6 Å². The second-order valence-corrected chi connectivity index (χ2v) is 46.5. The molecule has 0 unspecified atom stereocenters. The zero-order chi connectivity index (χ0) is 97.1. The van der Waals surface area contributed by atoms with Crippen LogP contribution in [0.1, 0.15) is 338 Å². The minimum absolute atomic E-state index is 0. The van der Waals surface area contributed by atoms with Crippen molar-refractivity contribution in [1.82, 2.24) is 19.9 Å². The predicted octanol–water partition coefficient (Wildman–Crippen LogP) is 32.1. The fraction of sp³-hybridized carbons (Fsp3) is 0.467. The predicted molar refractivity (Wildman–Crippen MR) is 594 cm³/mol. The van der Waals surface area contributed by atoms with E-state index in [1.165, 1.54) is 165 Å². The standard InChI is InChI=1S/C54H38N4.4C12H27P.2C8H5.2CH2Cl2.2Pt.Zn/c1-9-37-11-15-39(16-12-37)51-41-19-23-45(55-41)53(49-33(5)27-31(3)28-34(49)6)47-25-21-43(57-47)52(40-17-13-38(10-2)14-18-40)44-22-26-48(58-44)54(46-24-20-42(51)56-46)50-35(7)29-32(4)30-36(50)8;4*1-4-7-10-13(11-8-5-2)12-9-6-3;2*1-2-8-6-4-3-5-7-8;2*2-1-3;;;/h11-30H,3-8H3;4*4-12H2,1-3H3;2*3-7H;2*1H2;;;/q-6;;;;;2*-1;;;;;+2/b51-41-,51-42?,52-43?,52-44-,53-45+,53-47?,54-46?,54-48+;;;;;;;;;;;. The Labute approximate surface area is 890 Å². The number of aromatic nitrogens is 4. The molecule has 0 radical (unpaired) electrons.